The van der Waals surface area contributed by atoms with E-state index in [-0.39, 0.29) is 13.2 Å². The Hall–Kier alpha value is -2.15. The molecule has 0 aliphatic rings. The predicted molar refractivity (Wildman–Crippen MR) is 61.8 cm³/mol. The minimum absolute atomic E-state index is 0.0755. The third-order valence-electron chi connectivity index (χ3n) is 2.25. The van der Waals surface area contributed by atoms with Crippen molar-refractivity contribution >= 4 is 17.2 Å². The van der Waals surface area contributed by atoms with Crippen LogP contribution in [0.3, 0.4) is 0 Å². The number of ether oxygens (including phenoxy) is 1. The molecule has 0 saturated carbocycles. The molecule has 1 N–H and O–H groups in total. The van der Waals surface area contributed by atoms with Crippen molar-refractivity contribution in [3.05, 3.63) is 24.3 Å². The fourth-order valence-corrected chi connectivity index (χ4v) is 1.38. The maximum Gasteiger partial charge on any atom is 0.535 e. The number of carbonyl (C=O) groups is 1. The second-order valence-electron chi connectivity index (χ2n) is 3.57. The summed E-state index contributed by atoms with van der Waals surface area (Å²) in [7, 11) is 0. The summed E-state index contributed by atoms with van der Waals surface area (Å²) < 4.78 is 4.81. The molecule has 0 amide bonds. The van der Waals surface area contributed by atoms with Crippen molar-refractivity contribution in [3.63, 3.8) is 0 Å². The average Bonchev–Trinajstić information content (AvgIpc) is 2.78. The Kier molecular flexibility index (Phi) is 4.08. The van der Waals surface area contributed by atoms with Crippen LogP contribution in [0.5, 0.6) is 0 Å². The molecule has 0 saturated heterocycles. The summed E-state index contributed by atoms with van der Waals surface area (Å²) in [5, 5.41) is 16.1. The third kappa shape index (κ3) is 2.95. The largest absolute Gasteiger partial charge is 0.535 e. The molecule has 0 radical (unpaired) electrons. The van der Waals surface area contributed by atoms with E-state index < -0.39 is 6.16 Å². The highest BCUT2D eigenvalue weighted by atomic mass is 16.8. The van der Waals surface area contributed by atoms with Crippen LogP contribution in [0.15, 0.2) is 24.3 Å². The van der Waals surface area contributed by atoms with Crippen molar-refractivity contribution in [2.24, 2.45) is 0 Å². The number of benzene rings is 1. The minimum atomic E-state index is -0.844. The van der Waals surface area contributed by atoms with E-state index in [1.807, 2.05) is 6.07 Å². The predicted octanol–water partition coefficient (Wildman–Crippen LogP) is 0.769. The van der Waals surface area contributed by atoms with Crippen LogP contribution in [-0.4, -0.2) is 39.6 Å². The molecule has 7 nitrogen and oxygen atoms in total. The Labute approximate surface area is 103 Å². The van der Waals surface area contributed by atoms with Crippen LogP contribution in [0, 0.1) is 0 Å². The number of unbranched alkanes of at least 4 members (excludes halogenated alkanes) is 1. The number of hydrogen-bond acceptors (Lipinski definition) is 6. The summed E-state index contributed by atoms with van der Waals surface area (Å²) in [6.07, 6.45) is 0.326. The number of aromatic nitrogens is 3. The molecule has 2 rings (SSSR count). The molecule has 0 aliphatic carbocycles. The number of para-hydroxylation sites is 1. The summed E-state index contributed by atoms with van der Waals surface area (Å²) in [5.41, 5.74) is 1.22. The molecule has 7 heteroatoms. The van der Waals surface area contributed by atoms with Crippen molar-refractivity contribution in [2.45, 2.75) is 12.8 Å². The highest BCUT2D eigenvalue weighted by molar-refractivity contribution is 5.74. The Morgan fingerprint density at radius 2 is 2.17 bits per heavy atom. The van der Waals surface area contributed by atoms with Gasteiger partial charge in [-0.05, 0) is 30.2 Å². The summed E-state index contributed by atoms with van der Waals surface area (Å²) in [6.45, 7) is 0.276. The standard InChI is InChI=1S/C11H13N3O4/c15-7-3-4-8-17-11(16)18-14-10-6-2-1-5-9(10)12-13-14/h1-2,5-6,15H,3-4,7-8H2. The van der Waals surface area contributed by atoms with Crippen molar-refractivity contribution in [3.8, 4) is 0 Å². The van der Waals surface area contributed by atoms with E-state index in [0.717, 1.165) is 4.85 Å². The zero-order chi connectivity index (χ0) is 12.8. The van der Waals surface area contributed by atoms with Gasteiger partial charge < -0.3 is 9.84 Å². The topological polar surface area (TPSA) is 86.5 Å². The number of aliphatic hydroxyl groups is 1. The molecule has 1 heterocycles. The smallest absolute Gasteiger partial charge is 0.433 e. The van der Waals surface area contributed by atoms with E-state index in [9.17, 15) is 4.79 Å². The first-order valence-electron chi connectivity index (χ1n) is 5.57. The minimum Gasteiger partial charge on any atom is -0.433 e. The number of fused-ring (bicyclic) bond motifs is 1. The number of carbonyl (C=O) groups excluding carboxylic acids is 1. The lowest BCUT2D eigenvalue weighted by atomic mass is 10.3. The Morgan fingerprint density at radius 1 is 1.33 bits per heavy atom. The van der Waals surface area contributed by atoms with E-state index in [1.54, 1.807) is 18.2 Å². The molecule has 96 valence electrons. The van der Waals surface area contributed by atoms with Gasteiger partial charge in [-0.1, -0.05) is 17.0 Å². The normalized spacial score (nSPS) is 10.5. The van der Waals surface area contributed by atoms with E-state index in [1.165, 1.54) is 0 Å². The second kappa shape index (κ2) is 5.97. The first-order valence-corrected chi connectivity index (χ1v) is 5.57. The van der Waals surface area contributed by atoms with Gasteiger partial charge in [-0.2, -0.15) is 0 Å². The molecular formula is C11H13N3O4. The molecule has 0 spiro atoms. The van der Waals surface area contributed by atoms with Crippen molar-refractivity contribution in [1.29, 1.82) is 0 Å². The van der Waals surface area contributed by atoms with Crippen LogP contribution < -0.4 is 4.84 Å². The summed E-state index contributed by atoms with van der Waals surface area (Å²) >= 11 is 0. The summed E-state index contributed by atoms with van der Waals surface area (Å²) in [5.74, 6) is 0. The van der Waals surface area contributed by atoms with Crippen molar-refractivity contribution in [1.82, 2.24) is 15.2 Å². The van der Waals surface area contributed by atoms with Gasteiger partial charge in [0.25, 0.3) is 0 Å². The summed E-state index contributed by atoms with van der Waals surface area (Å²) in [4.78, 5) is 17.2. The van der Waals surface area contributed by atoms with Gasteiger partial charge in [0.2, 0.25) is 0 Å². The maximum atomic E-state index is 11.3. The third-order valence-corrected chi connectivity index (χ3v) is 2.25. The van der Waals surface area contributed by atoms with Crippen molar-refractivity contribution < 1.29 is 19.5 Å². The van der Waals surface area contributed by atoms with Gasteiger partial charge in [-0.25, -0.2) is 4.79 Å². The van der Waals surface area contributed by atoms with Crippen molar-refractivity contribution in [2.75, 3.05) is 13.2 Å². The van der Waals surface area contributed by atoms with Crippen LogP contribution in [0.25, 0.3) is 11.0 Å². The van der Waals surface area contributed by atoms with Gasteiger partial charge in [0, 0.05) is 6.61 Å². The first kappa shape index (κ1) is 12.3. The fraction of sp³-hybridized carbons (Fsp3) is 0.364. The van der Waals surface area contributed by atoms with Gasteiger partial charge >= 0.3 is 6.16 Å². The van der Waals surface area contributed by atoms with Crippen LogP contribution >= 0.6 is 0 Å². The molecule has 1 aromatic heterocycles. The van der Waals surface area contributed by atoms with E-state index in [4.69, 9.17) is 14.7 Å². The van der Waals surface area contributed by atoms with E-state index >= 15 is 0 Å². The highest BCUT2D eigenvalue weighted by Gasteiger charge is 2.10. The molecule has 2 aromatic rings. The number of nitrogens with zero attached hydrogens (tertiary/aromatic N) is 3. The van der Waals surface area contributed by atoms with Gasteiger partial charge in [0.1, 0.15) is 11.0 Å². The van der Waals surface area contributed by atoms with Crippen LogP contribution in [-0.2, 0) is 4.74 Å². The Morgan fingerprint density at radius 3 is 3.00 bits per heavy atom. The van der Waals surface area contributed by atoms with Gasteiger partial charge in [-0.3, -0.25) is 4.84 Å². The number of rotatable bonds is 5. The fourth-order valence-electron chi connectivity index (χ4n) is 1.38. The quantitative estimate of drug-likeness (QED) is 0.480. The van der Waals surface area contributed by atoms with Gasteiger partial charge in [0.15, 0.2) is 0 Å². The molecule has 18 heavy (non-hydrogen) atoms. The van der Waals surface area contributed by atoms with E-state index in [2.05, 4.69) is 10.3 Å². The molecule has 0 fully saturated rings. The zero-order valence-corrected chi connectivity index (χ0v) is 9.65. The van der Waals surface area contributed by atoms with Crippen LogP contribution in [0.4, 0.5) is 4.79 Å². The first-order chi connectivity index (χ1) is 8.81. The lowest BCUT2D eigenvalue weighted by Crippen LogP contribution is -2.22. The SMILES string of the molecule is O=C(OCCCCO)On1nnc2ccccc21. The molecule has 0 atom stereocenters. The lowest BCUT2D eigenvalue weighted by Gasteiger charge is -2.04. The molecule has 0 bridgehead atoms. The van der Waals surface area contributed by atoms with Gasteiger partial charge in [0.05, 0.1) is 6.61 Å². The number of hydrogen-bond donors (Lipinski definition) is 1. The zero-order valence-electron chi connectivity index (χ0n) is 9.65. The van der Waals surface area contributed by atoms with Crippen LogP contribution in [0.2, 0.25) is 0 Å². The Balaban J connectivity index is 1.91. The molecule has 0 aliphatic heterocycles. The number of aliphatic hydroxyl groups excluding tert-OH is 1. The Bertz CT molecular complexity index is 526. The molecule has 0 unspecified atom stereocenters. The monoisotopic (exact) mass is 251 g/mol. The lowest BCUT2D eigenvalue weighted by molar-refractivity contribution is 0.0379. The molecular weight excluding hydrogens is 238 g/mol. The van der Waals surface area contributed by atoms with Gasteiger partial charge in [-0.15, -0.1) is 5.10 Å². The van der Waals surface area contributed by atoms with E-state index in [0.29, 0.717) is 23.9 Å². The second-order valence-corrected chi connectivity index (χ2v) is 3.57. The average molecular weight is 251 g/mol. The maximum absolute atomic E-state index is 11.3. The molecule has 1 aromatic carbocycles. The van der Waals surface area contributed by atoms with Crippen LogP contribution in [0.1, 0.15) is 12.8 Å². The summed E-state index contributed by atoms with van der Waals surface area (Å²) in [6, 6.07) is 7.09. The highest BCUT2D eigenvalue weighted by Crippen LogP contribution is 2.08.